The minimum atomic E-state index is -0.504. The van der Waals surface area contributed by atoms with E-state index in [-0.39, 0.29) is 6.10 Å². The van der Waals surface area contributed by atoms with Gasteiger partial charge in [0, 0.05) is 16.6 Å². The number of benzene rings is 1. The molecule has 1 aromatic rings. The Labute approximate surface area is 120 Å². The van der Waals surface area contributed by atoms with E-state index in [4.69, 9.17) is 26.8 Å². The third kappa shape index (κ3) is 3.34. The Morgan fingerprint density at radius 1 is 1.21 bits per heavy atom. The first-order valence-electron chi connectivity index (χ1n) is 6.75. The van der Waals surface area contributed by atoms with E-state index in [1.165, 1.54) is 12.8 Å². The minimum absolute atomic E-state index is 0.279. The average molecular weight is 284 g/mol. The number of nitrogens with two attached hydrogens (primary N) is 1. The Bertz CT molecular complexity index is 448. The second kappa shape index (κ2) is 5.59. The van der Waals surface area contributed by atoms with E-state index in [0.29, 0.717) is 16.5 Å². The molecule has 0 spiro atoms. The summed E-state index contributed by atoms with van der Waals surface area (Å²) in [6.07, 6.45) is 4.95. The van der Waals surface area contributed by atoms with Crippen LogP contribution in [0.15, 0.2) is 12.1 Å². The zero-order valence-corrected chi connectivity index (χ0v) is 12.6. The fourth-order valence-corrected chi connectivity index (χ4v) is 2.86. The molecule has 3 nitrogen and oxygen atoms in total. The van der Waals surface area contributed by atoms with Gasteiger partial charge in [-0.1, -0.05) is 11.6 Å². The zero-order chi connectivity index (χ0) is 14.0. The summed E-state index contributed by atoms with van der Waals surface area (Å²) in [7, 11) is 1.64. The quantitative estimate of drug-likeness (QED) is 0.912. The lowest BCUT2D eigenvalue weighted by Crippen LogP contribution is -2.29. The average Bonchev–Trinajstić information content (AvgIpc) is 2.80. The standard InChI is InChI=1S/C15H22ClNO2/c1-15(2,17)11-8-13(18-3)14(9-12(11)16)19-10-6-4-5-7-10/h8-10H,4-7,17H2,1-3H3. The normalized spacial score (nSPS) is 16.7. The molecule has 0 atom stereocenters. The van der Waals surface area contributed by atoms with Gasteiger partial charge in [-0.3, -0.25) is 0 Å². The lowest BCUT2D eigenvalue weighted by molar-refractivity contribution is 0.200. The molecule has 1 saturated carbocycles. The zero-order valence-electron chi connectivity index (χ0n) is 11.8. The number of ether oxygens (including phenoxy) is 2. The molecule has 2 N–H and O–H groups in total. The molecule has 1 aliphatic carbocycles. The highest BCUT2D eigenvalue weighted by Gasteiger charge is 2.23. The van der Waals surface area contributed by atoms with Gasteiger partial charge in [0.2, 0.25) is 0 Å². The molecule has 0 saturated heterocycles. The predicted molar refractivity (Wildman–Crippen MR) is 78.1 cm³/mol. The monoisotopic (exact) mass is 283 g/mol. The van der Waals surface area contributed by atoms with Crippen molar-refractivity contribution in [3.8, 4) is 11.5 Å². The molecule has 0 unspecified atom stereocenters. The van der Waals surface area contributed by atoms with Crippen LogP contribution in [0.4, 0.5) is 0 Å². The van der Waals surface area contributed by atoms with Crippen molar-refractivity contribution in [3.63, 3.8) is 0 Å². The van der Waals surface area contributed by atoms with Gasteiger partial charge in [-0.15, -0.1) is 0 Å². The Morgan fingerprint density at radius 3 is 2.37 bits per heavy atom. The van der Waals surface area contributed by atoms with Gasteiger partial charge in [0.25, 0.3) is 0 Å². The van der Waals surface area contributed by atoms with E-state index in [2.05, 4.69) is 0 Å². The summed E-state index contributed by atoms with van der Waals surface area (Å²) in [5.74, 6) is 1.41. The molecule has 106 valence electrons. The summed E-state index contributed by atoms with van der Waals surface area (Å²) in [6.45, 7) is 3.84. The molecular formula is C15H22ClNO2. The summed E-state index contributed by atoms with van der Waals surface area (Å²) in [5, 5.41) is 0.626. The fraction of sp³-hybridized carbons (Fsp3) is 0.600. The fourth-order valence-electron chi connectivity index (χ4n) is 2.47. The number of halogens is 1. The molecule has 0 aliphatic heterocycles. The van der Waals surface area contributed by atoms with Crippen molar-refractivity contribution in [2.45, 2.75) is 51.2 Å². The van der Waals surface area contributed by atoms with Crippen LogP contribution in [0.5, 0.6) is 11.5 Å². The molecule has 1 fully saturated rings. The lowest BCUT2D eigenvalue weighted by Gasteiger charge is -2.23. The van der Waals surface area contributed by atoms with Gasteiger partial charge in [-0.25, -0.2) is 0 Å². The van der Waals surface area contributed by atoms with Gasteiger partial charge in [0.05, 0.1) is 13.2 Å². The first-order valence-corrected chi connectivity index (χ1v) is 7.13. The Balaban J connectivity index is 2.31. The summed E-state index contributed by atoms with van der Waals surface area (Å²) in [6, 6.07) is 3.70. The first-order chi connectivity index (χ1) is 8.91. The van der Waals surface area contributed by atoms with Crippen molar-refractivity contribution in [3.05, 3.63) is 22.7 Å². The summed E-state index contributed by atoms with van der Waals surface area (Å²) >= 11 is 6.31. The molecule has 0 heterocycles. The number of rotatable bonds is 4. The second-order valence-electron chi connectivity index (χ2n) is 5.73. The molecule has 0 bridgehead atoms. The molecule has 1 aliphatic rings. The number of hydrogen-bond acceptors (Lipinski definition) is 3. The van der Waals surface area contributed by atoms with Gasteiger partial charge in [-0.2, -0.15) is 0 Å². The second-order valence-corrected chi connectivity index (χ2v) is 6.14. The number of methoxy groups -OCH3 is 1. The van der Waals surface area contributed by atoms with Crippen molar-refractivity contribution >= 4 is 11.6 Å². The first kappa shape index (κ1) is 14.5. The van der Waals surface area contributed by atoms with Gasteiger partial charge in [-0.05, 0) is 51.2 Å². The van der Waals surface area contributed by atoms with E-state index in [9.17, 15) is 0 Å². The molecule has 2 rings (SSSR count). The highest BCUT2D eigenvalue weighted by molar-refractivity contribution is 6.31. The third-order valence-corrected chi connectivity index (χ3v) is 3.86. The van der Waals surface area contributed by atoms with Crippen molar-refractivity contribution < 1.29 is 9.47 Å². The highest BCUT2D eigenvalue weighted by atomic mass is 35.5. The van der Waals surface area contributed by atoms with Gasteiger partial charge in [0.15, 0.2) is 11.5 Å². The van der Waals surface area contributed by atoms with E-state index in [1.807, 2.05) is 26.0 Å². The number of hydrogen-bond donors (Lipinski definition) is 1. The van der Waals surface area contributed by atoms with Crippen LogP contribution in [-0.4, -0.2) is 13.2 Å². The van der Waals surface area contributed by atoms with Crippen LogP contribution >= 0.6 is 11.6 Å². The van der Waals surface area contributed by atoms with Crippen LogP contribution in [0.25, 0.3) is 0 Å². The summed E-state index contributed by atoms with van der Waals surface area (Å²) in [5.41, 5.74) is 6.48. The maximum Gasteiger partial charge on any atom is 0.163 e. The summed E-state index contributed by atoms with van der Waals surface area (Å²) < 4.78 is 11.4. The SMILES string of the molecule is COc1cc(C(C)(C)N)c(Cl)cc1OC1CCCC1. The summed E-state index contributed by atoms with van der Waals surface area (Å²) in [4.78, 5) is 0. The van der Waals surface area contributed by atoms with Crippen LogP contribution in [0, 0.1) is 0 Å². The molecule has 0 radical (unpaired) electrons. The molecular weight excluding hydrogens is 262 g/mol. The van der Waals surface area contributed by atoms with E-state index in [0.717, 1.165) is 18.4 Å². The Kier molecular flexibility index (Phi) is 4.26. The molecule has 19 heavy (non-hydrogen) atoms. The van der Waals surface area contributed by atoms with Crippen LogP contribution in [0.2, 0.25) is 5.02 Å². The lowest BCUT2D eigenvalue weighted by atomic mass is 9.95. The van der Waals surface area contributed by atoms with Gasteiger partial charge >= 0.3 is 0 Å². The van der Waals surface area contributed by atoms with Crippen molar-refractivity contribution in [1.29, 1.82) is 0 Å². The molecule has 0 amide bonds. The van der Waals surface area contributed by atoms with Crippen molar-refractivity contribution in [1.82, 2.24) is 0 Å². The minimum Gasteiger partial charge on any atom is -0.493 e. The van der Waals surface area contributed by atoms with E-state index < -0.39 is 5.54 Å². The highest BCUT2D eigenvalue weighted by Crippen LogP contribution is 2.38. The Morgan fingerprint density at radius 2 is 1.84 bits per heavy atom. The van der Waals surface area contributed by atoms with Crippen LogP contribution in [-0.2, 0) is 5.54 Å². The topological polar surface area (TPSA) is 44.5 Å². The van der Waals surface area contributed by atoms with Gasteiger partial charge in [0.1, 0.15) is 0 Å². The van der Waals surface area contributed by atoms with E-state index in [1.54, 1.807) is 7.11 Å². The van der Waals surface area contributed by atoms with Crippen LogP contribution in [0.3, 0.4) is 0 Å². The van der Waals surface area contributed by atoms with Crippen molar-refractivity contribution in [2.24, 2.45) is 5.73 Å². The molecule has 4 heteroatoms. The van der Waals surface area contributed by atoms with Crippen LogP contribution < -0.4 is 15.2 Å². The third-order valence-electron chi connectivity index (χ3n) is 3.54. The van der Waals surface area contributed by atoms with Gasteiger partial charge < -0.3 is 15.2 Å². The molecule has 1 aromatic carbocycles. The van der Waals surface area contributed by atoms with E-state index >= 15 is 0 Å². The molecule has 0 aromatic heterocycles. The largest absolute Gasteiger partial charge is 0.493 e. The maximum absolute atomic E-state index is 6.31. The predicted octanol–water partition coefficient (Wildman–Crippen LogP) is 3.86. The smallest absolute Gasteiger partial charge is 0.163 e. The van der Waals surface area contributed by atoms with Crippen molar-refractivity contribution in [2.75, 3.05) is 7.11 Å². The maximum atomic E-state index is 6.31. The Hall–Kier alpha value is -0.930. The van der Waals surface area contributed by atoms with Crippen LogP contribution in [0.1, 0.15) is 45.1 Å².